The summed E-state index contributed by atoms with van der Waals surface area (Å²) in [5.74, 6) is 0.561. The van der Waals surface area contributed by atoms with Crippen molar-refractivity contribution in [1.82, 2.24) is 10.6 Å². The van der Waals surface area contributed by atoms with E-state index in [-0.39, 0.29) is 38.1 Å². The van der Waals surface area contributed by atoms with Crippen LogP contribution in [0.1, 0.15) is 12.0 Å². The summed E-state index contributed by atoms with van der Waals surface area (Å²) >= 11 is 0. The maximum Gasteiger partial charge on any atom is 0.319 e. The third kappa shape index (κ3) is 5.99. The van der Waals surface area contributed by atoms with Crippen molar-refractivity contribution >= 4 is 17.6 Å². The third-order valence-electron chi connectivity index (χ3n) is 5.18. The number of hydrogen-bond acceptors (Lipinski definition) is 6. The second-order valence-corrected chi connectivity index (χ2v) is 7.58. The zero-order chi connectivity index (χ0) is 23.2. The van der Waals surface area contributed by atoms with Gasteiger partial charge in [0.1, 0.15) is 11.9 Å². The molecule has 0 aromatic heterocycles. The highest BCUT2D eigenvalue weighted by atomic mass is 19.1. The van der Waals surface area contributed by atoms with Gasteiger partial charge in [-0.3, -0.25) is 4.79 Å². The van der Waals surface area contributed by atoms with E-state index in [2.05, 4.69) is 16.0 Å². The van der Waals surface area contributed by atoms with Gasteiger partial charge in [-0.2, -0.15) is 0 Å². The molecule has 0 radical (unpaired) electrons. The number of anilines is 1. The minimum absolute atomic E-state index is 0.0459. The molecule has 0 saturated carbocycles. The summed E-state index contributed by atoms with van der Waals surface area (Å²) in [7, 11) is 0. The van der Waals surface area contributed by atoms with Crippen LogP contribution < -0.4 is 25.4 Å². The van der Waals surface area contributed by atoms with Gasteiger partial charge in [0.15, 0.2) is 11.5 Å². The Morgan fingerprint density at radius 3 is 2.64 bits per heavy atom. The van der Waals surface area contributed by atoms with Crippen LogP contribution in [-0.2, 0) is 16.1 Å². The first-order chi connectivity index (χ1) is 16.0. The minimum atomic E-state index is -0.715. The van der Waals surface area contributed by atoms with E-state index < -0.39 is 24.3 Å². The van der Waals surface area contributed by atoms with Gasteiger partial charge < -0.3 is 35.3 Å². The van der Waals surface area contributed by atoms with Crippen molar-refractivity contribution in [2.45, 2.75) is 31.2 Å². The highest BCUT2D eigenvalue weighted by Crippen LogP contribution is 2.34. The average molecular weight is 457 g/mol. The largest absolute Gasteiger partial charge is 0.454 e. The third-order valence-corrected chi connectivity index (χ3v) is 5.18. The molecular formula is C23H24FN3O6. The van der Waals surface area contributed by atoms with E-state index >= 15 is 0 Å². The zero-order valence-corrected chi connectivity index (χ0v) is 17.6. The van der Waals surface area contributed by atoms with E-state index in [4.69, 9.17) is 14.2 Å². The van der Waals surface area contributed by atoms with Crippen molar-refractivity contribution in [3.8, 4) is 11.5 Å². The number of halogens is 1. The molecule has 2 heterocycles. The quantitative estimate of drug-likeness (QED) is 0.473. The van der Waals surface area contributed by atoms with Gasteiger partial charge in [-0.25, -0.2) is 9.18 Å². The maximum atomic E-state index is 13.0. The van der Waals surface area contributed by atoms with Crippen LogP contribution in [-0.4, -0.2) is 48.7 Å². The maximum absolute atomic E-state index is 13.0. The summed E-state index contributed by atoms with van der Waals surface area (Å²) in [6.07, 6.45) is 2.15. The summed E-state index contributed by atoms with van der Waals surface area (Å²) in [6, 6.07) is 9.82. The molecule has 0 unspecified atom stereocenters. The fraction of sp³-hybridized carbons (Fsp3) is 0.304. The fourth-order valence-electron chi connectivity index (χ4n) is 3.49. The summed E-state index contributed by atoms with van der Waals surface area (Å²) in [6.45, 7) is 0.0645. The number of aliphatic hydroxyl groups is 1. The van der Waals surface area contributed by atoms with E-state index in [0.717, 1.165) is 5.56 Å². The SMILES string of the molecule is O=C(C[C@@H]1C=C[C@H](NC(=O)Nc2ccc3c(c2)OCO3)[C@@H](CO)O1)NCc1ccc(F)cc1. The molecule has 2 aliphatic rings. The summed E-state index contributed by atoms with van der Waals surface area (Å²) < 4.78 is 29.3. The van der Waals surface area contributed by atoms with Crippen molar-refractivity contribution in [1.29, 1.82) is 0 Å². The van der Waals surface area contributed by atoms with Crippen LogP contribution in [0, 0.1) is 5.82 Å². The molecule has 33 heavy (non-hydrogen) atoms. The van der Waals surface area contributed by atoms with Crippen LogP contribution >= 0.6 is 0 Å². The van der Waals surface area contributed by atoms with E-state index in [1.807, 2.05) is 0 Å². The summed E-state index contributed by atoms with van der Waals surface area (Å²) in [5, 5.41) is 17.9. The second-order valence-electron chi connectivity index (χ2n) is 7.58. The Balaban J connectivity index is 1.26. The number of aliphatic hydroxyl groups excluding tert-OH is 1. The van der Waals surface area contributed by atoms with Gasteiger partial charge in [0.05, 0.1) is 25.2 Å². The summed E-state index contributed by atoms with van der Waals surface area (Å²) in [5.41, 5.74) is 1.30. The van der Waals surface area contributed by atoms with Gasteiger partial charge in [-0.1, -0.05) is 24.3 Å². The monoisotopic (exact) mass is 457 g/mol. The number of nitrogens with one attached hydrogen (secondary N) is 3. The standard InChI is InChI=1S/C23H24FN3O6/c24-15-3-1-14(2-4-15)11-25-22(29)10-17-6-7-18(21(12-28)33-17)27-23(30)26-16-5-8-19-20(9-16)32-13-31-19/h1-9,17-18,21,28H,10-13H2,(H,25,29)(H2,26,27,30)/t17-,18-,21+/m0/s1. The molecule has 9 nitrogen and oxygen atoms in total. The predicted molar refractivity (Wildman–Crippen MR) is 116 cm³/mol. The van der Waals surface area contributed by atoms with E-state index in [1.165, 1.54) is 12.1 Å². The first kappa shape index (κ1) is 22.6. The smallest absolute Gasteiger partial charge is 0.319 e. The molecule has 2 aromatic rings. The van der Waals surface area contributed by atoms with Crippen molar-refractivity contribution in [3.05, 3.63) is 66.0 Å². The fourth-order valence-corrected chi connectivity index (χ4v) is 3.49. The van der Waals surface area contributed by atoms with E-state index in [1.54, 1.807) is 42.5 Å². The highest BCUT2D eigenvalue weighted by molar-refractivity contribution is 5.90. The molecular weight excluding hydrogens is 433 g/mol. The first-order valence-electron chi connectivity index (χ1n) is 10.4. The lowest BCUT2D eigenvalue weighted by Gasteiger charge is -2.31. The number of ether oxygens (including phenoxy) is 3. The minimum Gasteiger partial charge on any atom is -0.454 e. The van der Waals surface area contributed by atoms with E-state index in [9.17, 15) is 19.1 Å². The predicted octanol–water partition coefficient (Wildman–Crippen LogP) is 2.07. The van der Waals surface area contributed by atoms with Crippen molar-refractivity contribution in [3.63, 3.8) is 0 Å². The molecule has 0 fully saturated rings. The number of amides is 3. The van der Waals surface area contributed by atoms with E-state index in [0.29, 0.717) is 17.2 Å². The van der Waals surface area contributed by atoms with Gasteiger partial charge in [0.2, 0.25) is 12.7 Å². The Morgan fingerprint density at radius 1 is 1.06 bits per heavy atom. The highest BCUT2D eigenvalue weighted by Gasteiger charge is 2.29. The molecule has 4 rings (SSSR count). The normalized spacial score (nSPS) is 20.8. The Morgan fingerprint density at radius 2 is 1.85 bits per heavy atom. The van der Waals surface area contributed by atoms with Crippen LogP contribution in [0.3, 0.4) is 0 Å². The lowest BCUT2D eigenvalue weighted by Crippen LogP contribution is -2.50. The van der Waals surface area contributed by atoms with Crippen molar-refractivity contribution in [2.24, 2.45) is 0 Å². The number of urea groups is 1. The topological polar surface area (TPSA) is 118 Å². The number of carbonyl (C=O) groups is 2. The number of carbonyl (C=O) groups excluding carboxylic acids is 2. The van der Waals surface area contributed by atoms with Gasteiger partial charge in [0.25, 0.3) is 0 Å². The molecule has 3 atom stereocenters. The molecule has 2 aromatic carbocycles. The van der Waals surface area contributed by atoms with Gasteiger partial charge in [0, 0.05) is 18.3 Å². The number of hydrogen-bond donors (Lipinski definition) is 4. The van der Waals surface area contributed by atoms with Crippen molar-refractivity contribution in [2.75, 3.05) is 18.7 Å². The van der Waals surface area contributed by atoms with Crippen molar-refractivity contribution < 1.29 is 33.3 Å². The molecule has 0 saturated heterocycles. The van der Waals surface area contributed by atoms with Crippen LogP contribution in [0.2, 0.25) is 0 Å². The molecule has 4 N–H and O–H groups in total. The van der Waals surface area contributed by atoms with Gasteiger partial charge >= 0.3 is 6.03 Å². The molecule has 174 valence electrons. The molecule has 0 bridgehead atoms. The molecule has 3 amide bonds. The number of fused-ring (bicyclic) bond motifs is 1. The Kier molecular flexibility index (Phi) is 7.06. The Labute approximate surface area is 189 Å². The Hall–Kier alpha value is -3.63. The molecule has 0 spiro atoms. The lowest BCUT2D eigenvalue weighted by atomic mass is 10.0. The molecule has 0 aliphatic carbocycles. The number of rotatable bonds is 7. The average Bonchev–Trinajstić information content (AvgIpc) is 3.27. The number of benzene rings is 2. The van der Waals surface area contributed by atoms with Crippen LogP contribution in [0.4, 0.5) is 14.9 Å². The zero-order valence-electron chi connectivity index (χ0n) is 17.6. The summed E-state index contributed by atoms with van der Waals surface area (Å²) in [4.78, 5) is 24.6. The van der Waals surface area contributed by atoms with Crippen LogP contribution in [0.25, 0.3) is 0 Å². The second kappa shape index (κ2) is 10.3. The van der Waals surface area contributed by atoms with Crippen LogP contribution in [0.15, 0.2) is 54.6 Å². The van der Waals surface area contributed by atoms with Gasteiger partial charge in [-0.05, 0) is 29.8 Å². The lowest BCUT2D eigenvalue weighted by molar-refractivity contribution is -0.125. The molecule has 10 heteroatoms. The Bertz CT molecular complexity index is 1030. The van der Waals surface area contributed by atoms with Gasteiger partial charge in [-0.15, -0.1) is 0 Å². The first-order valence-corrected chi connectivity index (χ1v) is 10.4. The molecule has 2 aliphatic heterocycles. The van der Waals surface area contributed by atoms with Crippen LogP contribution in [0.5, 0.6) is 11.5 Å².